The Balaban J connectivity index is 1.45. The van der Waals surface area contributed by atoms with Crippen LogP contribution in [0.5, 0.6) is 0 Å². The smallest absolute Gasteiger partial charge is 0.134 e. The summed E-state index contributed by atoms with van der Waals surface area (Å²) in [5, 5.41) is 12.8. The lowest BCUT2D eigenvalue weighted by atomic mass is 9.93. The average molecular weight is 600 g/mol. The van der Waals surface area contributed by atoms with Gasteiger partial charge in [0.15, 0.2) is 0 Å². The molecule has 0 spiro atoms. The van der Waals surface area contributed by atoms with Gasteiger partial charge in [-0.25, -0.2) is 4.99 Å². The third kappa shape index (κ3) is 3.14. The molecule has 1 unspecified atom stereocenters. The van der Waals surface area contributed by atoms with Crippen molar-refractivity contribution in [1.29, 1.82) is 0 Å². The minimum atomic E-state index is 0.256. The molecular weight excluding hydrogens is 571 g/mol. The highest BCUT2D eigenvalue weighted by Gasteiger charge is 2.27. The molecule has 0 saturated carbocycles. The molecule has 4 heterocycles. The first kappa shape index (κ1) is 25.3. The summed E-state index contributed by atoms with van der Waals surface area (Å²) in [4.78, 5) is 5.32. The molecule has 0 amide bonds. The molecule has 0 radical (unpaired) electrons. The predicted octanol–water partition coefficient (Wildman–Crippen LogP) is 11.7. The third-order valence-electron chi connectivity index (χ3n) is 10.7. The van der Waals surface area contributed by atoms with E-state index in [0.29, 0.717) is 0 Å². The van der Waals surface area contributed by atoms with Crippen molar-refractivity contribution in [3.63, 3.8) is 0 Å². The van der Waals surface area contributed by atoms with E-state index in [0.717, 1.165) is 12.2 Å². The molecule has 3 heteroatoms. The Morgan fingerprint density at radius 2 is 1.23 bits per heavy atom. The maximum Gasteiger partial charge on any atom is 0.134 e. The summed E-state index contributed by atoms with van der Waals surface area (Å²) >= 11 is 0. The van der Waals surface area contributed by atoms with Crippen molar-refractivity contribution >= 4 is 93.5 Å². The maximum absolute atomic E-state index is 5.32. The zero-order valence-electron chi connectivity index (χ0n) is 25.9. The summed E-state index contributed by atoms with van der Waals surface area (Å²) in [6, 6.07) is 46.9. The number of hydrogen-bond acceptors (Lipinski definition) is 1. The van der Waals surface area contributed by atoms with Crippen molar-refractivity contribution in [1.82, 2.24) is 8.97 Å². The van der Waals surface area contributed by atoms with Crippen LogP contribution in [0.15, 0.2) is 138 Å². The van der Waals surface area contributed by atoms with E-state index in [1.807, 2.05) is 0 Å². The Morgan fingerprint density at radius 1 is 0.532 bits per heavy atom. The van der Waals surface area contributed by atoms with E-state index in [9.17, 15) is 0 Å². The van der Waals surface area contributed by atoms with Gasteiger partial charge in [0.05, 0.1) is 27.6 Å². The fourth-order valence-electron chi connectivity index (χ4n) is 8.78. The van der Waals surface area contributed by atoms with E-state index in [1.165, 1.54) is 92.6 Å². The normalized spacial score (nSPS) is 15.3. The van der Waals surface area contributed by atoms with Gasteiger partial charge in [-0.2, -0.15) is 0 Å². The molecule has 1 atom stereocenters. The average Bonchev–Trinajstić information content (AvgIpc) is 3.73. The number of benzene rings is 7. The van der Waals surface area contributed by atoms with Crippen LogP contribution in [0.2, 0.25) is 0 Å². The monoisotopic (exact) mass is 599 g/mol. The minimum absolute atomic E-state index is 0.256. The van der Waals surface area contributed by atoms with Gasteiger partial charge in [-0.1, -0.05) is 122 Å². The molecule has 0 aliphatic carbocycles. The number of allylic oxidation sites excluding steroid dienone is 1. The zero-order valence-corrected chi connectivity index (χ0v) is 25.9. The Hall–Kier alpha value is -5.93. The van der Waals surface area contributed by atoms with Crippen LogP contribution in [0, 0.1) is 0 Å². The molecule has 1 aliphatic rings. The quantitative estimate of drug-likeness (QED) is 0.189. The minimum Gasteiger partial charge on any atom is -0.307 e. The molecule has 0 N–H and O–H groups in total. The van der Waals surface area contributed by atoms with Crippen molar-refractivity contribution in [2.75, 3.05) is 0 Å². The highest BCUT2D eigenvalue weighted by Crippen LogP contribution is 2.50. The lowest BCUT2D eigenvalue weighted by molar-refractivity contribution is 0.803. The second kappa shape index (κ2) is 9.08. The van der Waals surface area contributed by atoms with E-state index < -0.39 is 0 Å². The second-order valence-electron chi connectivity index (χ2n) is 13.0. The summed E-state index contributed by atoms with van der Waals surface area (Å²) in [6.45, 7) is 2.28. The van der Waals surface area contributed by atoms with Gasteiger partial charge in [0.25, 0.3) is 0 Å². The largest absolute Gasteiger partial charge is 0.307 e. The number of fused-ring (bicyclic) bond motifs is 16. The molecule has 10 aromatic rings. The first-order chi connectivity index (χ1) is 23.3. The molecule has 7 aromatic carbocycles. The molecule has 220 valence electrons. The van der Waals surface area contributed by atoms with Crippen LogP contribution in [0.4, 0.5) is 0 Å². The molecular formula is C44H29N3. The summed E-state index contributed by atoms with van der Waals surface area (Å²) in [7, 11) is 0. The fraction of sp³-hybridized carbons (Fsp3) is 0.0682. The van der Waals surface area contributed by atoms with Crippen molar-refractivity contribution in [2.45, 2.75) is 19.3 Å². The van der Waals surface area contributed by atoms with Crippen molar-refractivity contribution in [2.24, 2.45) is 4.99 Å². The first-order valence-corrected chi connectivity index (χ1v) is 16.6. The van der Waals surface area contributed by atoms with Crippen LogP contribution < -0.4 is 0 Å². The topological polar surface area (TPSA) is 21.7 Å². The number of para-hydroxylation sites is 2. The molecule has 11 rings (SSSR count). The van der Waals surface area contributed by atoms with Crippen LogP contribution in [-0.2, 0) is 0 Å². The summed E-state index contributed by atoms with van der Waals surface area (Å²) in [6.07, 6.45) is 5.49. The van der Waals surface area contributed by atoms with E-state index in [1.54, 1.807) is 0 Å². The second-order valence-corrected chi connectivity index (χ2v) is 13.0. The standard InChI is InChI=1S/C44H29N3/c1-2-26-24-38(45-25-28-13-4-5-14-29(26)28)46-37-23-22-27-12-3-6-15-30(27)39(37)40-32-17-7-8-18-34(32)43-41(44(40)46)35-20-11-19-33-31-16-9-10-21-36(31)47(43)42(33)35/h3-26H,2H2,1H3. The number of rotatable bonds is 2. The van der Waals surface area contributed by atoms with Gasteiger partial charge < -0.3 is 4.40 Å². The third-order valence-corrected chi connectivity index (χ3v) is 10.7. The summed E-state index contributed by atoms with van der Waals surface area (Å²) < 4.78 is 5.02. The molecule has 1 aliphatic heterocycles. The maximum atomic E-state index is 5.32. The molecule has 0 saturated heterocycles. The van der Waals surface area contributed by atoms with Gasteiger partial charge in [0.2, 0.25) is 0 Å². The van der Waals surface area contributed by atoms with Gasteiger partial charge in [0.1, 0.15) is 5.82 Å². The van der Waals surface area contributed by atoms with Crippen molar-refractivity contribution in [3.8, 4) is 0 Å². The van der Waals surface area contributed by atoms with Gasteiger partial charge in [-0.05, 0) is 51.9 Å². The highest BCUT2D eigenvalue weighted by atomic mass is 15.1. The van der Waals surface area contributed by atoms with E-state index in [2.05, 4.69) is 156 Å². The lowest BCUT2D eigenvalue weighted by Crippen LogP contribution is -1.99. The van der Waals surface area contributed by atoms with Crippen LogP contribution in [0.1, 0.15) is 30.4 Å². The molecule has 47 heavy (non-hydrogen) atoms. The first-order valence-electron chi connectivity index (χ1n) is 16.6. The van der Waals surface area contributed by atoms with Crippen LogP contribution in [-0.4, -0.2) is 15.2 Å². The van der Waals surface area contributed by atoms with Crippen molar-refractivity contribution in [3.05, 3.63) is 145 Å². The molecule has 3 nitrogen and oxygen atoms in total. The zero-order chi connectivity index (χ0) is 30.8. The number of nitrogens with zero attached hydrogens (tertiary/aromatic N) is 3. The predicted molar refractivity (Wildman–Crippen MR) is 200 cm³/mol. The van der Waals surface area contributed by atoms with Crippen molar-refractivity contribution < 1.29 is 0 Å². The van der Waals surface area contributed by atoms with Gasteiger partial charge in [-0.15, -0.1) is 0 Å². The van der Waals surface area contributed by atoms with E-state index >= 15 is 0 Å². The number of aliphatic imine (C=N–C) groups is 1. The van der Waals surface area contributed by atoms with Gasteiger partial charge in [-0.3, -0.25) is 4.57 Å². The lowest BCUT2D eigenvalue weighted by Gasteiger charge is -2.14. The number of hydrogen-bond donors (Lipinski definition) is 0. The molecule has 0 fully saturated rings. The Morgan fingerprint density at radius 3 is 2.13 bits per heavy atom. The SMILES string of the molecule is CCC1C=C(n2c3ccc4ccccc4c3c3c4ccccc4c4c(c5cccc6c7ccccc7n4c65)c32)N=Cc2ccccc21. The Kier molecular flexibility index (Phi) is 4.89. The summed E-state index contributed by atoms with van der Waals surface area (Å²) in [5.41, 5.74) is 8.76. The van der Waals surface area contributed by atoms with Gasteiger partial charge >= 0.3 is 0 Å². The van der Waals surface area contributed by atoms with E-state index in [4.69, 9.17) is 4.99 Å². The molecule has 0 bridgehead atoms. The molecule has 3 aromatic heterocycles. The fourth-order valence-corrected chi connectivity index (χ4v) is 8.78. The van der Waals surface area contributed by atoms with Crippen LogP contribution >= 0.6 is 0 Å². The van der Waals surface area contributed by atoms with Crippen LogP contribution in [0.3, 0.4) is 0 Å². The number of aromatic nitrogens is 2. The Labute approximate surface area is 270 Å². The Bertz CT molecular complexity index is 3000. The van der Waals surface area contributed by atoms with E-state index in [-0.39, 0.29) is 5.92 Å². The summed E-state index contributed by atoms with van der Waals surface area (Å²) in [5.74, 6) is 1.24. The highest BCUT2D eigenvalue weighted by molar-refractivity contribution is 6.41. The van der Waals surface area contributed by atoms with Crippen LogP contribution in [0.25, 0.3) is 87.3 Å². The van der Waals surface area contributed by atoms with Gasteiger partial charge in [0, 0.05) is 49.8 Å².